The van der Waals surface area contributed by atoms with E-state index in [1.54, 1.807) is 0 Å². The SMILES string of the molecule is O=C(O)c1ccc(NCCNC(=O)C2CC2)c([N+](=O)[O-])c1. The van der Waals surface area contributed by atoms with Crippen LogP contribution >= 0.6 is 0 Å². The normalized spacial score (nSPS) is 13.5. The predicted molar refractivity (Wildman–Crippen MR) is 74.3 cm³/mol. The minimum atomic E-state index is -1.22. The molecule has 0 saturated heterocycles. The molecule has 1 aliphatic carbocycles. The minimum Gasteiger partial charge on any atom is -0.478 e. The summed E-state index contributed by atoms with van der Waals surface area (Å²) in [7, 11) is 0. The van der Waals surface area contributed by atoms with Crippen molar-refractivity contribution in [2.45, 2.75) is 12.8 Å². The molecule has 0 heterocycles. The van der Waals surface area contributed by atoms with Gasteiger partial charge >= 0.3 is 5.97 Å². The average Bonchev–Trinajstić information content (AvgIpc) is 3.27. The van der Waals surface area contributed by atoms with Crippen molar-refractivity contribution in [2.24, 2.45) is 5.92 Å². The van der Waals surface area contributed by atoms with E-state index in [1.807, 2.05) is 0 Å². The topological polar surface area (TPSA) is 122 Å². The minimum absolute atomic E-state index is 0.00697. The van der Waals surface area contributed by atoms with Gasteiger partial charge in [0.15, 0.2) is 0 Å². The van der Waals surface area contributed by atoms with Crippen LogP contribution in [-0.2, 0) is 4.79 Å². The van der Waals surface area contributed by atoms with Gasteiger partial charge in [0.05, 0.1) is 10.5 Å². The van der Waals surface area contributed by atoms with Gasteiger partial charge < -0.3 is 15.7 Å². The van der Waals surface area contributed by atoms with Gasteiger partial charge in [-0.3, -0.25) is 14.9 Å². The third-order valence-electron chi connectivity index (χ3n) is 3.13. The molecule has 1 fully saturated rings. The van der Waals surface area contributed by atoms with Crippen LogP contribution in [0.3, 0.4) is 0 Å². The van der Waals surface area contributed by atoms with Crippen LogP contribution < -0.4 is 10.6 Å². The summed E-state index contributed by atoms with van der Waals surface area (Å²) in [5, 5.41) is 25.3. The van der Waals surface area contributed by atoms with Gasteiger partial charge in [0.25, 0.3) is 5.69 Å². The number of carbonyl (C=O) groups excluding carboxylic acids is 1. The molecular formula is C13H15N3O5. The summed E-state index contributed by atoms with van der Waals surface area (Å²) in [6, 6.07) is 3.65. The highest BCUT2D eigenvalue weighted by Crippen LogP contribution is 2.28. The molecule has 112 valence electrons. The van der Waals surface area contributed by atoms with Crippen molar-refractivity contribution in [2.75, 3.05) is 18.4 Å². The molecule has 1 aromatic rings. The summed E-state index contributed by atoms with van der Waals surface area (Å²) in [5.74, 6) is -1.09. The number of carboxylic acid groups (broad SMARTS) is 1. The van der Waals surface area contributed by atoms with Crippen molar-refractivity contribution in [3.8, 4) is 0 Å². The molecular weight excluding hydrogens is 278 g/mol. The highest BCUT2D eigenvalue weighted by atomic mass is 16.6. The van der Waals surface area contributed by atoms with Gasteiger partial charge in [-0.05, 0) is 25.0 Å². The number of carboxylic acids is 1. The molecule has 0 aromatic heterocycles. The number of amides is 1. The molecule has 1 amide bonds. The van der Waals surface area contributed by atoms with Crippen LogP contribution in [0.2, 0.25) is 0 Å². The number of nitro groups is 1. The van der Waals surface area contributed by atoms with E-state index in [4.69, 9.17) is 5.11 Å². The number of anilines is 1. The third-order valence-corrected chi connectivity index (χ3v) is 3.13. The number of nitrogens with one attached hydrogen (secondary N) is 2. The zero-order valence-corrected chi connectivity index (χ0v) is 11.2. The van der Waals surface area contributed by atoms with Crippen LogP contribution in [0.1, 0.15) is 23.2 Å². The standard InChI is InChI=1S/C13H15N3O5/c17-12(8-1-2-8)15-6-5-14-10-4-3-9(13(18)19)7-11(10)16(20)21/h3-4,7-8,14H,1-2,5-6H2,(H,15,17)(H,18,19). The lowest BCUT2D eigenvalue weighted by Crippen LogP contribution is -2.29. The van der Waals surface area contributed by atoms with E-state index in [-0.39, 0.29) is 28.8 Å². The Morgan fingerprint density at radius 1 is 1.33 bits per heavy atom. The number of carbonyl (C=O) groups is 2. The van der Waals surface area contributed by atoms with Crippen LogP contribution in [0.15, 0.2) is 18.2 Å². The summed E-state index contributed by atoms with van der Waals surface area (Å²) >= 11 is 0. The molecule has 1 aromatic carbocycles. The molecule has 0 unspecified atom stereocenters. The maximum Gasteiger partial charge on any atom is 0.335 e. The van der Waals surface area contributed by atoms with E-state index in [1.165, 1.54) is 12.1 Å². The molecule has 0 atom stereocenters. The third kappa shape index (κ3) is 3.91. The maximum absolute atomic E-state index is 11.4. The maximum atomic E-state index is 11.4. The lowest BCUT2D eigenvalue weighted by atomic mass is 10.1. The van der Waals surface area contributed by atoms with Gasteiger partial charge in [-0.2, -0.15) is 0 Å². The summed E-state index contributed by atoms with van der Waals surface area (Å²) < 4.78 is 0. The van der Waals surface area contributed by atoms with Crippen molar-refractivity contribution in [3.05, 3.63) is 33.9 Å². The Hall–Kier alpha value is -2.64. The van der Waals surface area contributed by atoms with Gasteiger partial charge in [-0.25, -0.2) is 4.79 Å². The summed E-state index contributed by atoms with van der Waals surface area (Å²) in [5.41, 5.74) is -0.219. The van der Waals surface area contributed by atoms with Crippen LogP contribution in [0.25, 0.3) is 0 Å². The van der Waals surface area contributed by atoms with Crippen molar-refractivity contribution in [1.29, 1.82) is 0 Å². The second-order valence-corrected chi connectivity index (χ2v) is 4.79. The number of nitrogens with zero attached hydrogens (tertiary/aromatic N) is 1. The summed E-state index contributed by atoms with van der Waals surface area (Å²) in [4.78, 5) is 32.5. The zero-order chi connectivity index (χ0) is 15.4. The average molecular weight is 293 g/mol. The second kappa shape index (κ2) is 6.21. The van der Waals surface area contributed by atoms with Crippen molar-refractivity contribution in [3.63, 3.8) is 0 Å². The number of rotatable bonds is 7. The van der Waals surface area contributed by atoms with Crippen molar-refractivity contribution >= 4 is 23.3 Å². The number of hydrogen-bond acceptors (Lipinski definition) is 5. The van der Waals surface area contributed by atoms with E-state index in [9.17, 15) is 19.7 Å². The first kappa shape index (κ1) is 14.8. The van der Waals surface area contributed by atoms with Gasteiger partial charge in [0.2, 0.25) is 5.91 Å². The molecule has 21 heavy (non-hydrogen) atoms. The largest absolute Gasteiger partial charge is 0.478 e. The molecule has 8 heteroatoms. The molecule has 8 nitrogen and oxygen atoms in total. The molecule has 2 rings (SSSR count). The summed E-state index contributed by atoms with van der Waals surface area (Å²) in [6.07, 6.45) is 1.84. The predicted octanol–water partition coefficient (Wildman–Crippen LogP) is 1.23. The van der Waals surface area contributed by atoms with Crippen molar-refractivity contribution < 1.29 is 19.6 Å². The first-order valence-corrected chi connectivity index (χ1v) is 6.52. The molecule has 1 saturated carbocycles. The Kier molecular flexibility index (Phi) is 4.36. The van der Waals surface area contributed by atoms with Crippen LogP contribution in [0, 0.1) is 16.0 Å². The Labute approximate surface area is 120 Å². The molecule has 1 aliphatic rings. The number of hydrogen-bond donors (Lipinski definition) is 3. The number of nitro benzene ring substituents is 1. The monoisotopic (exact) mass is 293 g/mol. The Bertz CT molecular complexity index is 583. The Morgan fingerprint density at radius 3 is 2.62 bits per heavy atom. The fourth-order valence-electron chi connectivity index (χ4n) is 1.84. The Balaban J connectivity index is 1.93. The van der Waals surface area contributed by atoms with Crippen LogP contribution in [0.4, 0.5) is 11.4 Å². The first-order chi connectivity index (χ1) is 9.99. The molecule has 3 N–H and O–H groups in total. The van der Waals surface area contributed by atoms with Gasteiger partial charge in [0.1, 0.15) is 5.69 Å². The number of benzene rings is 1. The van der Waals surface area contributed by atoms with E-state index >= 15 is 0 Å². The van der Waals surface area contributed by atoms with Crippen molar-refractivity contribution in [1.82, 2.24) is 5.32 Å². The second-order valence-electron chi connectivity index (χ2n) is 4.79. The molecule has 0 aliphatic heterocycles. The van der Waals surface area contributed by atoms with E-state index in [2.05, 4.69) is 10.6 Å². The molecule has 0 radical (unpaired) electrons. The van der Waals surface area contributed by atoms with Gasteiger partial charge in [0, 0.05) is 25.1 Å². The highest BCUT2D eigenvalue weighted by molar-refractivity contribution is 5.89. The fourth-order valence-corrected chi connectivity index (χ4v) is 1.84. The van der Waals surface area contributed by atoms with Gasteiger partial charge in [-0.15, -0.1) is 0 Å². The van der Waals surface area contributed by atoms with E-state index < -0.39 is 10.9 Å². The first-order valence-electron chi connectivity index (χ1n) is 6.52. The van der Waals surface area contributed by atoms with E-state index in [0.29, 0.717) is 13.1 Å². The van der Waals surface area contributed by atoms with E-state index in [0.717, 1.165) is 18.9 Å². The van der Waals surface area contributed by atoms with Gasteiger partial charge in [-0.1, -0.05) is 0 Å². The summed E-state index contributed by atoms with van der Waals surface area (Å²) in [6.45, 7) is 0.679. The lowest BCUT2D eigenvalue weighted by molar-refractivity contribution is -0.384. The molecule has 0 bridgehead atoms. The highest BCUT2D eigenvalue weighted by Gasteiger charge is 2.29. The quantitative estimate of drug-likeness (QED) is 0.395. The Morgan fingerprint density at radius 2 is 2.05 bits per heavy atom. The molecule has 0 spiro atoms. The fraction of sp³-hybridized carbons (Fsp3) is 0.385. The lowest BCUT2D eigenvalue weighted by Gasteiger charge is -2.08. The number of aromatic carboxylic acids is 1. The smallest absolute Gasteiger partial charge is 0.335 e. The van der Waals surface area contributed by atoms with Crippen LogP contribution in [-0.4, -0.2) is 35.0 Å². The van der Waals surface area contributed by atoms with Crippen LogP contribution in [0.5, 0.6) is 0 Å². The zero-order valence-electron chi connectivity index (χ0n) is 11.2.